The van der Waals surface area contributed by atoms with Crippen LogP contribution >= 0.6 is 0 Å². The molecule has 0 spiro atoms. The maximum Gasteiger partial charge on any atom is 0.336 e. The van der Waals surface area contributed by atoms with Gasteiger partial charge in [-0.05, 0) is 36.8 Å². The molecule has 2 rings (SSSR count). The Hall–Kier alpha value is -2.75. The molecule has 0 aliphatic heterocycles. The first-order valence-electron chi connectivity index (χ1n) is 6.97. The first-order chi connectivity index (χ1) is 10.7. The Morgan fingerprint density at radius 2 is 1.95 bits per heavy atom. The van der Waals surface area contributed by atoms with Crippen molar-refractivity contribution in [3.8, 4) is 11.5 Å². The molecule has 114 valence electrons. The molecule has 22 heavy (non-hydrogen) atoms. The minimum Gasteiger partial charge on any atom is -0.497 e. The van der Waals surface area contributed by atoms with E-state index < -0.39 is 5.97 Å². The van der Waals surface area contributed by atoms with Gasteiger partial charge in [0.1, 0.15) is 11.5 Å². The van der Waals surface area contributed by atoms with Crippen LogP contribution < -0.4 is 9.47 Å². The molecule has 2 aromatic rings. The molecule has 0 saturated heterocycles. The maximum atomic E-state index is 11.6. The Bertz CT molecular complexity index is 689. The Morgan fingerprint density at radius 1 is 1.18 bits per heavy atom. The number of ether oxygens (including phenoxy) is 2. The molecule has 0 bridgehead atoms. The minimum absolute atomic E-state index is 0.186. The van der Waals surface area contributed by atoms with Crippen LogP contribution in [0.5, 0.6) is 11.5 Å². The van der Waals surface area contributed by atoms with Gasteiger partial charge in [-0.2, -0.15) is 0 Å². The van der Waals surface area contributed by atoms with Crippen LogP contribution in [0.2, 0.25) is 0 Å². The van der Waals surface area contributed by atoms with E-state index >= 15 is 0 Å². The van der Waals surface area contributed by atoms with Crippen molar-refractivity contribution < 1.29 is 19.4 Å². The van der Waals surface area contributed by atoms with Crippen molar-refractivity contribution >= 4 is 17.6 Å². The van der Waals surface area contributed by atoms with Gasteiger partial charge in [0.2, 0.25) is 0 Å². The van der Waals surface area contributed by atoms with E-state index in [1.54, 1.807) is 37.5 Å². The summed E-state index contributed by atoms with van der Waals surface area (Å²) in [5.41, 5.74) is 1.49. The highest BCUT2D eigenvalue weighted by Gasteiger charge is 2.12. The van der Waals surface area contributed by atoms with Gasteiger partial charge >= 0.3 is 5.97 Å². The highest BCUT2D eigenvalue weighted by Crippen LogP contribution is 2.26. The molecule has 4 nitrogen and oxygen atoms in total. The molecule has 0 fully saturated rings. The molecule has 0 aromatic heterocycles. The smallest absolute Gasteiger partial charge is 0.336 e. The summed E-state index contributed by atoms with van der Waals surface area (Å²) >= 11 is 0. The van der Waals surface area contributed by atoms with Crippen molar-refractivity contribution in [2.75, 3.05) is 13.7 Å². The van der Waals surface area contributed by atoms with Crippen LogP contribution in [0.4, 0.5) is 0 Å². The third kappa shape index (κ3) is 3.67. The standard InChI is InChI=1S/C18H18O4/c1-3-22-17-10-5-4-7-14(17)12-16(18(19)20)13-8-6-9-15(11-13)21-2/h4-12H,3H2,1-2H3,(H,19,20)/b16-12+. The number of carbonyl (C=O) groups is 1. The lowest BCUT2D eigenvalue weighted by Crippen LogP contribution is -2.01. The molecular weight excluding hydrogens is 280 g/mol. The quantitative estimate of drug-likeness (QED) is 0.652. The lowest BCUT2D eigenvalue weighted by Gasteiger charge is -2.09. The molecule has 0 unspecified atom stereocenters. The van der Waals surface area contributed by atoms with Crippen molar-refractivity contribution in [1.82, 2.24) is 0 Å². The van der Waals surface area contributed by atoms with Crippen LogP contribution in [-0.2, 0) is 4.79 Å². The average Bonchev–Trinajstić information content (AvgIpc) is 2.54. The number of rotatable bonds is 6. The summed E-state index contributed by atoms with van der Waals surface area (Å²) < 4.78 is 10.7. The van der Waals surface area contributed by atoms with E-state index in [9.17, 15) is 9.90 Å². The Morgan fingerprint density at radius 3 is 2.64 bits per heavy atom. The molecular formula is C18H18O4. The van der Waals surface area contributed by atoms with Gasteiger partial charge in [-0.15, -0.1) is 0 Å². The fourth-order valence-electron chi connectivity index (χ4n) is 2.10. The van der Waals surface area contributed by atoms with Crippen LogP contribution in [0.1, 0.15) is 18.1 Å². The fraction of sp³-hybridized carbons (Fsp3) is 0.167. The number of para-hydroxylation sites is 1. The van der Waals surface area contributed by atoms with Gasteiger partial charge in [-0.25, -0.2) is 4.79 Å². The van der Waals surface area contributed by atoms with Gasteiger partial charge in [0.05, 0.1) is 19.3 Å². The van der Waals surface area contributed by atoms with E-state index in [-0.39, 0.29) is 5.57 Å². The Balaban J connectivity index is 2.50. The summed E-state index contributed by atoms with van der Waals surface area (Å²) in [6, 6.07) is 14.3. The predicted molar refractivity (Wildman–Crippen MR) is 86.1 cm³/mol. The normalized spacial score (nSPS) is 11.1. The number of hydrogen-bond acceptors (Lipinski definition) is 3. The number of carboxylic acids is 1. The van der Waals surface area contributed by atoms with E-state index in [4.69, 9.17) is 9.47 Å². The van der Waals surface area contributed by atoms with Crippen molar-refractivity contribution in [3.05, 3.63) is 59.7 Å². The van der Waals surface area contributed by atoms with E-state index in [2.05, 4.69) is 0 Å². The largest absolute Gasteiger partial charge is 0.497 e. The van der Waals surface area contributed by atoms with Gasteiger partial charge in [0, 0.05) is 5.56 Å². The second kappa shape index (κ2) is 7.31. The summed E-state index contributed by atoms with van der Waals surface area (Å²) in [4.78, 5) is 11.6. The maximum absolute atomic E-state index is 11.6. The minimum atomic E-state index is -1.00. The van der Waals surface area contributed by atoms with Gasteiger partial charge in [-0.1, -0.05) is 30.3 Å². The summed E-state index contributed by atoms with van der Waals surface area (Å²) in [6.07, 6.45) is 1.61. The molecule has 0 saturated carbocycles. The zero-order chi connectivity index (χ0) is 15.9. The molecule has 2 aromatic carbocycles. The van der Waals surface area contributed by atoms with Gasteiger partial charge in [-0.3, -0.25) is 0 Å². The van der Waals surface area contributed by atoms with Crippen molar-refractivity contribution in [2.24, 2.45) is 0 Å². The fourth-order valence-corrected chi connectivity index (χ4v) is 2.10. The number of carboxylic acid groups (broad SMARTS) is 1. The highest BCUT2D eigenvalue weighted by atomic mass is 16.5. The zero-order valence-corrected chi connectivity index (χ0v) is 12.6. The topological polar surface area (TPSA) is 55.8 Å². The predicted octanol–water partition coefficient (Wildman–Crippen LogP) is 3.72. The monoisotopic (exact) mass is 298 g/mol. The molecule has 0 atom stereocenters. The van der Waals surface area contributed by atoms with Crippen molar-refractivity contribution in [1.29, 1.82) is 0 Å². The van der Waals surface area contributed by atoms with Crippen LogP contribution in [0, 0.1) is 0 Å². The zero-order valence-electron chi connectivity index (χ0n) is 12.6. The van der Waals surface area contributed by atoms with Crippen molar-refractivity contribution in [3.63, 3.8) is 0 Å². The van der Waals surface area contributed by atoms with Crippen LogP contribution in [0.3, 0.4) is 0 Å². The summed E-state index contributed by atoms with van der Waals surface area (Å²) in [6.45, 7) is 2.41. The summed E-state index contributed by atoms with van der Waals surface area (Å²) in [5, 5.41) is 9.52. The third-order valence-corrected chi connectivity index (χ3v) is 3.13. The van der Waals surface area contributed by atoms with Gasteiger partial charge < -0.3 is 14.6 Å². The van der Waals surface area contributed by atoms with Crippen LogP contribution in [0.15, 0.2) is 48.5 Å². The molecule has 0 aliphatic rings. The Kier molecular flexibility index (Phi) is 5.20. The summed E-state index contributed by atoms with van der Waals surface area (Å²) in [7, 11) is 1.55. The SMILES string of the molecule is CCOc1ccccc1/C=C(/C(=O)O)c1cccc(OC)c1. The first kappa shape index (κ1) is 15.6. The lowest BCUT2D eigenvalue weighted by atomic mass is 10.0. The van der Waals surface area contributed by atoms with Crippen molar-refractivity contribution in [2.45, 2.75) is 6.92 Å². The number of aliphatic carboxylic acids is 1. The second-order valence-corrected chi connectivity index (χ2v) is 4.57. The van der Waals surface area contributed by atoms with Gasteiger partial charge in [0.15, 0.2) is 0 Å². The van der Waals surface area contributed by atoms with Crippen LogP contribution in [0.25, 0.3) is 11.6 Å². The first-order valence-corrected chi connectivity index (χ1v) is 6.97. The molecule has 0 amide bonds. The molecule has 1 N–H and O–H groups in total. The van der Waals surface area contributed by atoms with Gasteiger partial charge in [0.25, 0.3) is 0 Å². The molecule has 0 aliphatic carbocycles. The molecule has 0 radical (unpaired) electrons. The number of methoxy groups -OCH3 is 1. The van der Waals surface area contributed by atoms with E-state index in [0.29, 0.717) is 23.7 Å². The molecule has 0 heterocycles. The molecule has 4 heteroatoms. The lowest BCUT2D eigenvalue weighted by molar-refractivity contribution is -0.130. The van der Waals surface area contributed by atoms with E-state index in [0.717, 1.165) is 5.56 Å². The number of benzene rings is 2. The van der Waals surface area contributed by atoms with E-state index in [1.807, 2.05) is 31.2 Å². The number of hydrogen-bond donors (Lipinski definition) is 1. The second-order valence-electron chi connectivity index (χ2n) is 4.57. The van der Waals surface area contributed by atoms with Crippen LogP contribution in [-0.4, -0.2) is 24.8 Å². The summed E-state index contributed by atoms with van der Waals surface area (Å²) in [5.74, 6) is 0.272. The third-order valence-electron chi connectivity index (χ3n) is 3.13. The van der Waals surface area contributed by atoms with E-state index in [1.165, 1.54) is 0 Å². The average molecular weight is 298 g/mol. The highest BCUT2D eigenvalue weighted by molar-refractivity contribution is 6.20. The Labute approximate surface area is 129 Å².